The molecule has 0 aromatic carbocycles. The van der Waals surface area contributed by atoms with Gasteiger partial charge in [0.05, 0.1) is 0 Å². The van der Waals surface area contributed by atoms with E-state index in [0.29, 0.717) is 6.54 Å². The zero-order valence-electron chi connectivity index (χ0n) is 12.9. The number of ether oxygens (including phenoxy) is 1. The summed E-state index contributed by atoms with van der Waals surface area (Å²) in [5.74, 6) is 0. The minimum atomic E-state index is -0.437. The largest absolute Gasteiger partial charge is 0.444 e. The van der Waals surface area contributed by atoms with Crippen molar-refractivity contribution in [3.05, 3.63) is 12.2 Å². The van der Waals surface area contributed by atoms with Crippen LogP contribution in [0.2, 0.25) is 0 Å². The van der Waals surface area contributed by atoms with Gasteiger partial charge >= 0.3 is 6.09 Å². The number of carbonyl (C=O) groups excluding carboxylic acids is 1. The van der Waals surface area contributed by atoms with Crippen molar-refractivity contribution in [1.29, 1.82) is 0 Å². The van der Waals surface area contributed by atoms with E-state index in [2.05, 4.69) is 17.6 Å². The molecule has 2 N–H and O–H groups in total. The molecule has 112 valence electrons. The molecule has 0 unspecified atom stereocenters. The van der Waals surface area contributed by atoms with E-state index >= 15 is 0 Å². The summed E-state index contributed by atoms with van der Waals surface area (Å²) in [6, 6.07) is 0. The van der Waals surface area contributed by atoms with E-state index in [0.717, 1.165) is 13.1 Å². The lowest BCUT2D eigenvalue weighted by atomic mass is 10.2. The average molecular weight is 270 g/mol. The quantitative estimate of drug-likeness (QED) is 0.499. The molecule has 0 atom stereocenters. The number of nitrogens with one attached hydrogen (secondary N) is 2. The van der Waals surface area contributed by atoms with Gasteiger partial charge in [-0.05, 0) is 33.7 Å². The molecule has 0 radical (unpaired) electrons. The number of amides is 1. The van der Waals surface area contributed by atoms with Gasteiger partial charge in [-0.15, -0.1) is 0 Å². The third-order valence-corrected chi connectivity index (χ3v) is 2.40. The molecule has 0 aliphatic heterocycles. The number of hydrogen-bond donors (Lipinski definition) is 2. The highest BCUT2D eigenvalue weighted by molar-refractivity contribution is 5.67. The molecule has 0 heterocycles. The molecular formula is C15H30N2O2. The van der Waals surface area contributed by atoms with Crippen LogP contribution in [-0.4, -0.2) is 31.3 Å². The summed E-state index contributed by atoms with van der Waals surface area (Å²) in [5, 5.41) is 6.02. The zero-order valence-corrected chi connectivity index (χ0v) is 12.9. The van der Waals surface area contributed by atoms with E-state index in [1.165, 1.54) is 25.7 Å². The monoisotopic (exact) mass is 270 g/mol. The summed E-state index contributed by atoms with van der Waals surface area (Å²) in [7, 11) is 0. The topological polar surface area (TPSA) is 50.4 Å². The van der Waals surface area contributed by atoms with Crippen molar-refractivity contribution in [2.75, 3.05) is 19.6 Å². The molecule has 0 aromatic heterocycles. The third-order valence-electron chi connectivity index (χ3n) is 2.40. The second-order valence-corrected chi connectivity index (χ2v) is 5.62. The van der Waals surface area contributed by atoms with Gasteiger partial charge in [-0.2, -0.15) is 0 Å². The highest BCUT2D eigenvalue weighted by Gasteiger charge is 2.14. The van der Waals surface area contributed by atoms with Crippen LogP contribution in [0.3, 0.4) is 0 Å². The molecule has 0 saturated carbocycles. The van der Waals surface area contributed by atoms with Gasteiger partial charge < -0.3 is 15.4 Å². The number of hydrogen-bond acceptors (Lipinski definition) is 3. The molecule has 0 fully saturated rings. The number of unbranched alkanes of at least 4 members (excludes halogenated alkanes) is 3. The Morgan fingerprint density at radius 3 is 2.42 bits per heavy atom. The zero-order chi connectivity index (χ0) is 14.6. The lowest BCUT2D eigenvalue weighted by Crippen LogP contribution is -2.32. The molecule has 19 heavy (non-hydrogen) atoms. The van der Waals surface area contributed by atoms with E-state index in [1.807, 2.05) is 32.9 Å². The molecule has 1 amide bonds. The maximum Gasteiger partial charge on any atom is 0.407 e. The fourth-order valence-electron chi connectivity index (χ4n) is 1.49. The lowest BCUT2D eigenvalue weighted by Gasteiger charge is -2.19. The van der Waals surface area contributed by atoms with Gasteiger partial charge in [0.25, 0.3) is 0 Å². The van der Waals surface area contributed by atoms with E-state index in [4.69, 9.17) is 4.74 Å². The summed E-state index contributed by atoms with van der Waals surface area (Å²) in [5.41, 5.74) is -0.437. The number of alkyl carbamates (subject to hydrolysis) is 1. The summed E-state index contributed by atoms with van der Waals surface area (Å²) < 4.78 is 5.12. The van der Waals surface area contributed by atoms with E-state index in [-0.39, 0.29) is 6.09 Å². The van der Waals surface area contributed by atoms with Crippen molar-refractivity contribution in [3.63, 3.8) is 0 Å². The highest BCUT2D eigenvalue weighted by Crippen LogP contribution is 2.06. The van der Waals surface area contributed by atoms with Crippen molar-refractivity contribution in [3.8, 4) is 0 Å². The van der Waals surface area contributed by atoms with Gasteiger partial charge in [-0.25, -0.2) is 4.79 Å². The predicted molar refractivity (Wildman–Crippen MR) is 80.4 cm³/mol. The number of rotatable bonds is 9. The fourth-order valence-corrected chi connectivity index (χ4v) is 1.49. The highest BCUT2D eigenvalue weighted by atomic mass is 16.6. The maximum absolute atomic E-state index is 11.3. The van der Waals surface area contributed by atoms with Gasteiger partial charge in [0.1, 0.15) is 5.60 Å². The fraction of sp³-hybridized carbons (Fsp3) is 0.800. The van der Waals surface area contributed by atoms with E-state index in [1.54, 1.807) is 0 Å². The second-order valence-electron chi connectivity index (χ2n) is 5.62. The summed E-state index contributed by atoms with van der Waals surface area (Å²) in [6.07, 6.45) is 8.71. The van der Waals surface area contributed by atoms with Crippen molar-refractivity contribution in [2.45, 2.75) is 59.0 Å². The Bertz CT molecular complexity index is 257. The SMILES string of the molecule is CCCCCCNC/C=C/CNC(=O)OC(C)(C)C. The Morgan fingerprint density at radius 1 is 1.11 bits per heavy atom. The Kier molecular flexibility index (Phi) is 10.3. The first-order valence-electron chi connectivity index (χ1n) is 7.28. The third kappa shape index (κ3) is 14.9. The molecular weight excluding hydrogens is 240 g/mol. The normalized spacial score (nSPS) is 11.8. The van der Waals surface area contributed by atoms with Crippen LogP contribution in [0.25, 0.3) is 0 Å². The second kappa shape index (κ2) is 10.9. The van der Waals surface area contributed by atoms with Crippen LogP contribution >= 0.6 is 0 Å². The molecule has 0 aliphatic carbocycles. The predicted octanol–water partition coefficient (Wildman–Crippen LogP) is 3.24. The van der Waals surface area contributed by atoms with Crippen LogP contribution < -0.4 is 10.6 Å². The van der Waals surface area contributed by atoms with Crippen LogP contribution in [0.5, 0.6) is 0 Å². The first-order valence-corrected chi connectivity index (χ1v) is 7.28. The number of carbonyl (C=O) groups is 1. The van der Waals surface area contributed by atoms with Crippen molar-refractivity contribution in [2.24, 2.45) is 0 Å². The van der Waals surface area contributed by atoms with Crippen LogP contribution in [0, 0.1) is 0 Å². The molecule has 0 spiro atoms. The molecule has 4 nitrogen and oxygen atoms in total. The maximum atomic E-state index is 11.3. The van der Waals surface area contributed by atoms with Crippen LogP contribution in [-0.2, 0) is 4.74 Å². The Balaban J connectivity index is 3.37. The molecule has 0 aliphatic rings. The summed E-state index contributed by atoms with van der Waals surface area (Å²) in [6.45, 7) is 10.2. The Morgan fingerprint density at radius 2 is 1.79 bits per heavy atom. The summed E-state index contributed by atoms with van der Waals surface area (Å²) in [4.78, 5) is 11.3. The van der Waals surface area contributed by atoms with Crippen LogP contribution in [0.15, 0.2) is 12.2 Å². The smallest absolute Gasteiger partial charge is 0.407 e. The van der Waals surface area contributed by atoms with Crippen molar-refractivity contribution < 1.29 is 9.53 Å². The molecule has 4 heteroatoms. The Labute approximate surface area is 118 Å². The van der Waals surface area contributed by atoms with Crippen LogP contribution in [0.1, 0.15) is 53.4 Å². The molecule has 0 aromatic rings. The van der Waals surface area contributed by atoms with Gasteiger partial charge in [0.2, 0.25) is 0 Å². The van der Waals surface area contributed by atoms with Gasteiger partial charge in [0.15, 0.2) is 0 Å². The van der Waals surface area contributed by atoms with Crippen molar-refractivity contribution in [1.82, 2.24) is 10.6 Å². The van der Waals surface area contributed by atoms with Gasteiger partial charge in [-0.1, -0.05) is 38.3 Å². The minimum absolute atomic E-state index is 0.371. The van der Waals surface area contributed by atoms with Gasteiger partial charge in [0, 0.05) is 13.1 Å². The minimum Gasteiger partial charge on any atom is -0.444 e. The molecule has 0 bridgehead atoms. The van der Waals surface area contributed by atoms with E-state index in [9.17, 15) is 4.79 Å². The summed E-state index contributed by atoms with van der Waals surface area (Å²) >= 11 is 0. The lowest BCUT2D eigenvalue weighted by molar-refractivity contribution is 0.0534. The first-order chi connectivity index (χ1) is 8.95. The van der Waals surface area contributed by atoms with Crippen molar-refractivity contribution >= 4 is 6.09 Å². The molecule has 0 rings (SSSR count). The van der Waals surface area contributed by atoms with Crippen LogP contribution in [0.4, 0.5) is 4.79 Å². The van der Waals surface area contributed by atoms with E-state index < -0.39 is 5.60 Å². The Hall–Kier alpha value is -1.03. The molecule has 0 saturated heterocycles. The van der Waals surface area contributed by atoms with Gasteiger partial charge in [-0.3, -0.25) is 0 Å². The standard InChI is InChI=1S/C15H30N2O2/c1-5-6-7-8-11-16-12-9-10-13-17-14(18)19-15(2,3)4/h9-10,16H,5-8,11-13H2,1-4H3,(H,17,18)/b10-9+. The first kappa shape index (κ1) is 18.0. The average Bonchev–Trinajstić information content (AvgIpc) is 2.29.